The molecule has 2 rings (SSSR count). The number of anilines is 2. The second kappa shape index (κ2) is 6.96. The van der Waals surface area contributed by atoms with E-state index >= 15 is 0 Å². The fourth-order valence-electron chi connectivity index (χ4n) is 2.35. The Hall–Kier alpha value is -1.52. The van der Waals surface area contributed by atoms with Crippen molar-refractivity contribution >= 4 is 40.5 Å². The van der Waals surface area contributed by atoms with Crippen LogP contribution >= 0.6 is 24.0 Å². The summed E-state index contributed by atoms with van der Waals surface area (Å²) in [5.41, 5.74) is 5.76. The first kappa shape index (κ1) is 15.9. The average molecular weight is 316 g/mol. The lowest BCUT2D eigenvalue weighted by atomic mass is 10.1. The van der Waals surface area contributed by atoms with Crippen molar-refractivity contribution in [1.82, 2.24) is 0 Å². The molecule has 110 valence electrons. The van der Waals surface area contributed by atoms with Gasteiger partial charge in [0.05, 0.1) is 0 Å². The Kier molecular flexibility index (Phi) is 5.26. The Morgan fingerprint density at radius 1 is 1.00 bits per heavy atom. The van der Waals surface area contributed by atoms with Crippen LogP contribution < -0.4 is 10.6 Å². The molecule has 0 aliphatic rings. The summed E-state index contributed by atoms with van der Waals surface area (Å²) in [6.07, 6.45) is 2.06. The van der Waals surface area contributed by atoms with Crippen molar-refractivity contribution in [3.63, 3.8) is 0 Å². The first-order chi connectivity index (χ1) is 9.99. The Labute approximate surface area is 136 Å². The zero-order valence-corrected chi connectivity index (χ0v) is 14.4. The largest absolute Gasteiger partial charge is 0.332 e. The molecule has 0 aliphatic carbocycles. The summed E-state index contributed by atoms with van der Waals surface area (Å²) < 4.78 is 0. The molecule has 0 spiro atoms. The Bertz CT molecular complexity index is 643. The van der Waals surface area contributed by atoms with Crippen LogP contribution in [0, 0.1) is 20.8 Å². The molecule has 2 nitrogen and oxygen atoms in total. The van der Waals surface area contributed by atoms with Crippen LogP contribution in [-0.2, 0) is 0 Å². The lowest BCUT2D eigenvalue weighted by Crippen LogP contribution is -2.20. The average Bonchev–Trinajstić information content (AvgIpc) is 2.43. The van der Waals surface area contributed by atoms with Gasteiger partial charge in [-0.05, 0) is 68.6 Å². The first-order valence-corrected chi connectivity index (χ1v) is 8.43. The van der Waals surface area contributed by atoms with Crippen molar-refractivity contribution in [2.24, 2.45) is 0 Å². The summed E-state index contributed by atoms with van der Waals surface area (Å²) >= 11 is 7.14. The number of thioether (sulfide) groups is 1. The van der Waals surface area contributed by atoms with E-state index in [1.54, 1.807) is 11.8 Å². The van der Waals surface area contributed by atoms with Gasteiger partial charge in [0.2, 0.25) is 0 Å². The molecule has 2 aromatic rings. The van der Waals surface area contributed by atoms with Crippen molar-refractivity contribution in [3.05, 3.63) is 53.1 Å². The predicted molar refractivity (Wildman–Crippen MR) is 98.7 cm³/mol. The molecule has 2 aromatic carbocycles. The fourth-order valence-corrected chi connectivity index (χ4v) is 3.03. The lowest BCUT2D eigenvalue weighted by molar-refractivity contribution is 1.32. The van der Waals surface area contributed by atoms with Crippen LogP contribution in [0.25, 0.3) is 0 Å². The van der Waals surface area contributed by atoms with Crippen molar-refractivity contribution in [2.75, 3.05) is 16.9 Å². The van der Waals surface area contributed by atoms with E-state index in [-0.39, 0.29) is 0 Å². The molecule has 0 aliphatic heterocycles. The molecular formula is C17H20N2S2. The monoisotopic (exact) mass is 316 g/mol. The lowest BCUT2D eigenvalue weighted by Gasteiger charge is -2.16. The SMILES string of the molecule is CSc1cccc(NC(=S)Nc2c(C)cc(C)cc2C)c1. The number of benzene rings is 2. The molecule has 2 N–H and O–H groups in total. The first-order valence-electron chi connectivity index (χ1n) is 6.79. The second-order valence-corrected chi connectivity index (χ2v) is 6.37. The third-order valence-corrected chi connectivity index (χ3v) is 4.17. The van der Waals surface area contributed by atoms with E-state index in [2.05, 4.69) is 61.9 Å². The van der Waals surface area contributed by atoms with Gasteiger partial charge < -0.3 is 10.6 Å². The van der Waals surface area contributed by atoms with E-state index in [9.17, 15) is 0 Å². The maximum atomic E-state index is 5.42. The van der Waals surface area contributed by atoms with Crippen LogP contribution in [0.15, 0.2) is 41.3 Å². The molecular weight excluding hydrogens is 296 g/mol. The fraction of sp³-hybridized carbons (Fsp3) is 0.235. The molecule has 21 heavy (non-hydrogen) atoms. The number of hydrogen-bond acceptors (Lipinski definition) is 2. The minimum atomic E-state index is 0.614. The van der Waals surface area contributed by atoms with E-state index in [1.165, 1.54) is 21.6 Å². The zero-order chi connectivity index (χ0) is 15.4. The van der Waals surface area contributed by atoms with Gasteiger partial charge in [-0.2, -0.15) is 0 Å². The van der Waals surface area contributed by atoms with Gasteiger partial charge in [-0.15, -0.1) is 11.8 Å². The molecule has 0 radical (unpaired) electrons. The second-order valence-electron chi connectivity index (χ2n) is 5.08. The van der Waals surface area contributed by atoms with Gasteiger partial charge in [0.15, 0.2) is 5.11 Å². The highest BCUT2D eigenvalue weighted by Gasteiger charge is 2.06. The van der Waals surface area contributed by atoms with E-state index in [1.807, 2.05) is 12.1 Å². The molecule has 4 heteroatoms. The molecule has 0 unspecified atom stereocenters. The number of thiocarbonyl (C=S) groups is 1. The number of hydrogen-bond donors (Lipinski definition) is 2. The quantitative estimate of drug-likeness (QED) is 0.604. The van der Waals surface area contributed by atoms with Gasteiger partial charge in [0.1, 0.15) is 0 Å². The van der Waals surface area contributed by atoms with Crippen LogP contribution in [0.5, 0.6) is 0 Å². The zero-order valence-electron chi connectivity index (χ0n) is 12.8. The molecule has 0 amide bonds. The maximum absolute atomic E-state index is 5.42. The van der Waals surface area contributed by atoms with Crippen molar-refractivity contribution in [3.8, 4) is 0 Å². The van der Waals surface area contributed by atoms with Crippen LogP contribution in [0.4, 0.5) is 11.4 Å². The molecule has 0 saturated heterocycles. The van der Waals surface area contributed by atoms with Crippen LogP contribution in [0.3, 0.4) is 0 Å². The van der Waals surface area contributed by atoms with E-state index in [0.29, 0.717) is 5.11 Å². The Morgan fingerprint density at radius 3 is 2.29 bits per heavy atom. The summed E-state index contributed by atoms with van der Waals surface area (Å²) in [7, 11) is 0. The van der Waals surface area contributed by atoms with Gasteiger partial charge in [-0.25, -0.2) is 0 Å². The highest BCUT2D eigenvalue weighted by atomic mass is 32.2. The van der Waals surface area contributed by atoms with E-state index in [4.69, 9.17) is 12.2 Å². The van der Waals surface area contributed by atoms with E-state index < -0.39 is 0 Å². The van der Waals surface area contributed by atoms with Crippen LogP contribution in [0.2, 0.25) is 0 Å². The Balaban J connectivity index is 2.12. The standard InChI is InChI=1S/C17H20N2S2/c1-11-8-12(2)16(13(3)9-11)19-17(20)18-14-6-5-7-15(10-14)21-4/h5-10H,1-4H3,(H2,18,19,20). The van der Waals surface area contributed by atoms with Gasteiger partial charge in [0.25, 0.3) is 0 Å². The van der Waals surface area contributed by atoms with Crippen LogP contribution in [-0.4, -0.2) is 11.4 Å². The third kappa shape index (κ3) is 4.22. The van der Waals surface area contributed by atoms with Crippen molar-refractivity contribution in [2.45, 2.75) is 25.7 Å². The van der Waals surface area contributed by atoms with Gasteiger partial charge in [0, 0.05) is 16.3 Å². The summed E-state index contributed by atoms with van der Waals surface area (Å²) in [5, 5.41) is 7.16. The third-order valence-electron chi connectivity index (χ3n) is 3.24. The summed E-state index contributed by atoms with van der Waals surface area (Å²) in [6, 6.07) is 12.5. The highest BCUT2D eigenvalue weighted by molar-refractivity contribution is 7.98. The summed E-state index contributed by atoms with van der Waals surface area (Å²) in [4.78, 5) is 1.21. The maximum Gasteiger partial charge on any atom is 0.175 e. The number of aryl methyl sites for hydroxylation is 3. The molecule has 0 heterocycles. The smallest absolute Gasteiger partial charge is 0.175 e. The van der Waals surface area contributed by atoms with E-state index in [0.717, 1.165) is 11.4 Å². The molecule has 0 fully saturated rings. The normalized spacial score (nSPS) is 10.3. The van der Waals surface area contributed by atoms with Crippen LogP contribution in [0.1, 0.15) is 16.7 Å². The highest BCUT2D eigenvalue weighted by Crippen LogP contribution is 2.23. The van der Waals surface area contributed by atoms with Gasteiger partial charge >= 0.3 is 0 Å². The molecule has 0 saturated carbocycles. The minimum absolute atomic E-state index is 0.614. The molecule has 0 bridgehead atoms. The summed E-state index contributed by atoms with van der Waals surface area (Å²) in [5.74, 6) is 0. The van der Waals surface area contributed by atoms with Crippen molar-refractivity contribution < 1.29 is 0 Å². The minimum Gasteiger partial charge on any atom is -0.332 e. The topological polar surface area (TPSA) is 24.1 Å². The number of rotatable bonds is 3. The number of nitrogens with one attached hydrogen (secondary N) is 2. The van der Waals surface area contributed by atoms with Gasteiger partial charge in [-0.1, -0.05) is 23.8 Å². The molecule has 0 atom stereocenters. The van der Waals surface area contributed by atoms with Gasteiger partial charge in [-0.3, -0.25) is 0 Å². The van der Waals surface area contributed by atoms with Crippen molar-refractivity contribution in [1.29, 1.82) is 0 Å². The predicted octanol–water partition coefficient (Wildman–Crippen LogP) is 5.14. The summed E-state index contributed by atoms with van der Waals surface area (Å²) in [6.45, 7) is 6.30. The molecule has 0 aromatic heterocycles. The Morgan fingerprint density at radius 2 is 1.67 bits per heavy atom.